The van der Waals surface area contributed by atoms with Crippen LogP contribution in [0.5, 0.6) is 0 Å². The zero-order chi connectivity index (χ0) is 80.6. The highest BCUT2D eigenvalue weighted by Crippen LogP contribution is 2.47. The van der Waals surface area contributed by atoms with Gasteiger partial charge in [-0.25, -0.2) is 15.0 Å². The van der Waals surface area contributed by atoms with Gasteiger partial charge < -0.3 is 18.3 Å². The third-order valence-corrected chi connectivity index (χ3v) is 24.2. The largest absolute Gasteiger partial charge is 0.309 e. The lowest BCUT2D eigenvalue weighted by molar-refractivity contribution is 1.17. The molecule has 18 aromatic carbocycles. The first-order valence-electron chi connectivity index (χ1n) is 41.6. The number of rotatable bonds is 13. The lowest BCUT2D eigenvalue weighted by Gasteiger charge is -2.13. The van der Waals surface area contributed by atoms with E-state index in [1.165, 1.54) is 109 Å². The standard InChI is InChI=1S/C59H39N3.C56H36N4/c1-4-16-40(17-5-1)43-20-14-22-45(36-43)52-38-47(41-18-6-2-7-19-41)39-53(60-52)46-23-15-21-44(37-46)42-30-32-49(33-31-42)62-55-29-13-11-27-51(55)59-57(62)35-34-56-58(59)50-26-10-12-28-54(50)61(56)48-24-8-3-9-25-48;1-3-17-38(18-4-1)48-36-49(45-29-15-19-37-16-7-8-26-44(37)45)58-56(57-48)41-22-13-20-39(34-41)40-21-14-25-43(35-40)60-51-31-12-10-28-47(51)55-53(60)33-32-52-54(55)46-27-9-11-30-50(46)59(52)42-23-5-2-6-24-42/h1-39H;1-36H. The Hall–Kier alpha value is -16.4. The van der Waals surface area contributed by atoms with Gasteiger partial charge in [-0.3, -0.25) is 0 Å². The van der Waals surface area contributed by atoms with Gasteiger partial charge in [0.2, 0.25) is 0 Å². The van der Waals surface area contributed by atoms with Gasteiger partial charge in [-0.1, -0.05) is 322 Å². The van der Waals surface area contributed by atoms with Gasteiger partial charge >= 0.3 is 0 Å². The van der Waals surface area contributed by atoms with Crippen molar-refractivity contribution in [3.8, 4) is 124 Å². The van der Waals surface area contributed by atoms with E-state index >= 15 is 0 Å². The summed E-state index contributed by atoms with van der Waals surface area (Å²) in [5.74, 6) is 0.693. The summed E-state index contributed by atoms with van der Waals surface area (Å²) in [5.41, 5.74) is 32.2. The first kappa shape index (κ1) is 71.0. The molecule has 0 atom stereocenters. The Morgan fingerprint density at radius 3 is 0.934 bits per heavy atom. The number of pyridine rings is 1. The lowest BCUT2D eigenvalue weighted by atomic mass is 9.96. The number of aromatic nitrogens is 7. The van der Waals surface area contributed by atoms with Crippen LogP contribution in [0.1, 0.15) is 0 Å². The van der Waals surface area contributed by atoms with Gasteiger partial charge in [0.15, 0.2) is 5.82 Å². The Morgan fingerprint density at radius 1 is 0.148 bits per heavy atom. The minimum atomic E-state index is 0.693. The van der Waals surface area contributed by atoms with E-state index in [-0.39, 0.29) is 0 Å². The molecule has 570 valence electrons. The SMILES string of the molecule is c1ccc(-c2cc(-c3cccc4ccccc34)nc(-c3cccc(-c4cccc(-n5c6ccccc6c6c7c8ccccc8n(-c8ccccc8)c7ccc65)c4)c3)n2)cc1.c1ccc(-c2cccc(-c3cc(-c4ccccc4)cc(-c4cccc(-c5ccc(-n6c7ccccc7c7c8c9ccccc9n(-c9ccccc9)c8ccc76)cc5)c4)n3)c2)cc1. The van der Waals surface area contributed by atoms with Gasteiger partial charge in [-0.15, -0.1) is 0 Å². The van der Waals surface area contributed by atoms with Crippen molar-refractivity contribution in [3.05, 3.63) is 455 Å². The molecule has 0 spiro atoms. The Bertz CT molecular complexity index is 8160. The third kappa shape index (κ3) is 12.4. The van der Waals surface area contributed by atoms with Crippen LogP contribution in [0.15, 0.2) is 455 Å². The van der Waals surface area contributed by atoms with Crippen LogP contribution in [-0.4, -0.2) is 33.2 Å². The molecule has 0 aliphatic heterocycles. The van der Waals surface area contributed by atoms with Crippen LogP contribution in [0.2, 0.25) is 0 Å². The number of benzene rings is 18. The Balaban J connectivity index is 0.000000142. The maximum Gasteiger partial charge on any atom is 0.160 e. The molecule has 0 aliphatic carbocycles. The molecule has 0 unspecified atom stereocenters. The summed E-state index contributed by atoms with van der Waals surface area (Å²) in [6.45, 7) is 0. The quantitative estimate of drug-likeness (QED) is 0.116. The average Bonchev–Trinajstić information content (AvgIpc) is 1.55. The fraction of sp³-hybridized carbons (Fsp3) is 0. The first-order valence-corrected chi connectivity index (χ1v) is 41.6. The monoisotopic (exact) mass is 1550 g/mol. The Kier molecular flexibility index (Phi) is 17.4. The lowest BCUT2D eigenvalue weighted by Crippen LogP contribution is -1.97. The van der Waals surface area contributed by atoms with Gasteiger partial charge in [0.25, 0.3) is 0 Å². The molecule has 0 saturated carbocycles. The topological polar surface area (TPSA) is 58.4 Å². The van der Waals surface area contributed by atoms with Crippen LogP contribution in [0.3, 0.4) is 0 Å². The Labute approximate surface area is 705 Å². The molecule has 6 aromatic heterocycles. The summed E-state index contributed by atoms with van der Waals surface area (Å²) in [7, 11) is 0. The van der Waals surface area contributed by atoms with Gasteiger partial charge in [0.05, 0.1) is 66.9 Å². The maximum atomic E-state index is 5.33. The van der Waals surface area contributed by atoms with Crippen LogP contribution in [0.4, 0.5) is 0 Å². The molecule has 7 nitrogen and oxygen atoms in total. The summed E-state index contributed by atoms with van der Waals surface area (Å²) in [4.78, 5) is 15.8. The molecule has 0 saturated heterocycles. The molecule has 122 heavy (non-hydrogen) atoms. The second-order valence-electron chi connectivity index (χ2n) is 31.3. The first-order chi connectivity index (χ1) is 60.5. The number of fused-ring (bicyclic) bond motifs is 15. The van der Waals surface area contributed by atoms with Crippen molar-refractivity contribution in [3.63, 3.8) is 0 Å². The fourth-order valence-corrected chi connectivity index (χ4v) is 18.7. The van der Waals surface area contributed by atoms with Crippen LogP contribution in [0, 0.1) is 0 Å². The van der Waals surface area contributed by atoms with E-state index in [0.29, 0.717) is 5.82 Å². The van der Waals surface area contributed by atoms with E-state index in [2.05, 4.69) is 467 Å². The second kappa shape index (κ2) is 30.0. The maximum absolute atomic E-state index is 5.33. The Morgan fingerprint density at radius 2 is 0.451 bits per heavy atom. The molecule has 6 heterocycles. The molecule has 0 bridgehead atoms. The van der Waals surface area contributed by atoms with Gasteiger partial charge in [0, 0.05) is 93.7 Å². The third-order valence-electron chi connectivity index (χ3n) is 24.2. The van der Waals surface area contributed by atoms with E-state index in [4.69, 9.17) is 15.0 Å². The average molecular weight is 1550 g/mol. The van der Waals surface area contributed by atoms with Crippen LogP contribution >= 0.6 is 0 Å². The number of hydrogen-bond acceptors (Lipinski definition) is 3. The predicted molar refractivity (Wildman–Crippen MR) is 510 cm³/mol. The smallest absolute Gasteiger partial charge is 0.160 e. The highest BCUT2D eigenvalue weighted by atomic mass is 15.0. The van der Waals surface area contributed by atoms with Crippen LogP contribution in [0.25, 0.3) is 222 Å². The van der Waals surface area contributed by atoms with Crippen molar-refractivity contribution in [2.24, 2.45) is 0 Å². The summed E-state index contributed by atoms with van der Waals surface area (Å²) < 4.78 is 9.64. The second-order valence-corrected chi connectivity index (χ2v) is 31.3. The minimum Gasteiger partial charge on any atom is -0.309 e. The summed E-state index contributed by atoms with van der Waals surface area (Å²) in [5, 5.41) is 12.4. The molecule has 0 fully saturated rings. The van der Waals surface area contributed by atoms with Crippen LogP contribution in [-0.2, 0) is 0 Å². The van der Waals surface area contributed by atoms with Gasteiger partial charge in [0.1, 0.15) is 0 Å². The molecule has 24 aromatic rings. The van der Waals surface area contributed by atoms with Crippen LogP contribution < -0.4 is 0 Å². The summed E-state index contributed by atoms with van der Waals surface area (Å²) in [6, 6.07) is 163. The number of nitrogens with zero attached hydrogens (tertiary/aromatic N) is 7. The highest BCUT2D eigenvalue weighted by Gasteiger charge is 2.25. The molecular weight excluding hydrogens is 1480 g/mol. The highest BCUT2D eigenvalue weighted by molar-refractivity contribution is 6.30. The van der Waals surface area contributed by atoms with Crippen molar-refractivity contribution in [2.75, 3.05) is 0 Å². The van der Waals surface area contributed by atoms with Crippen molar-refractivity contribution < 1.29 is 0 Å². The van der Waals surface area contributed by atoms with Gasteiger partial charge in [-0.05, 0) is 189 Å². The van der Waals surface area contributed by atoms with E-state index in [0.717, 1.165) is 107 Å². The predicted octanol–water partition coefficient (Wildman–Crippen LogP) is 30.1. The molecular formula is C115H75N7. The van der Waals surface area contributed by atoms with Crippen molar-refractivity contribution in [1.29, 1.82) is 0 Å². The molecule has 0 aliphatic rings. The molecule has 0 N–H and O–H groups in total. The van der Waals surface area contributed by atoms with E-state index in [1.54, 1.807) is 0 Å². The summed E-state index contributed by atoms with van der Waals surface area (Å²) in [6.07, 6.45) is 0. The number of para-hydroxylation sites is 6. The summed E-state index contributed by atoms with van der Waals surface area (Å²) >= 11 is 0. The molecule has 0 amide bonds. The zero-order valence-corrected chi connectivity index (χ0v) is 66.4. The van der Waals surface area contributed by atoms with Crippen molar-refractivity contribution >= 4 is 98.0 Å². The van der Waals surface area contributed by atoms with Crippen molar-refractivity contribution in [1.82, 2.24) is 33.2 Å². The molecule has 24 rings (SSSR count). The van der Waals surface area contributed by atoms with E-state index in [1.807, 2.05) is 6.07 Å². The van der Waals surface area contributed by atoms with E-state index in [9.17, 15) is 0 Å². The number of hydrogen-bond donors (Lipinski definition) is 0. The normalized spacial score (nSPS) is 11.6. The molecule has 0 radical (unpaired) electrons. The zero-order valence-electron chi connectivity index (χ0n) is 66.4. The molecule has 7 heteroatoms. The van der Waals surface area contributed by atoms with Crippen molar-refractivity contribution in [2.45, 2.75) is 0 Å². The van der Waals surface area contributed by atoms with Gasteiger partial charge in [-0.2, -0.15) is 0 Å². The fourth-order valence-electron chi connectivity index (χ4n) is 18.7. The van der Waals surface area contributed by atoms with E-state index < -0.39 is 0 Å². The minimum absolute atomic E-state index is 0.693.